The van der Waals surface area contributed by atoms with E-state index in [1.807, 2.05) is 11.7 Å². The second kappa shape index (κ2) is 6.23. The molecule has 1 unspecified atom stereocenters. The molecule has 11 heteroatoms. The van der Waals surface area contributed by atoms with E-state index in [1.165, 1.54) is 17.8 Å². The highest BCUT2D eigenvalue weighted by molar-refractivity contribution is 7.97. The number of nitrogens with zero attached hydrogens (tertiary/aromatic N) is 3. The lowest BCUT2D eigenvalue weighted by atomic mass is 9.95. The Balaban J connectivity index is 2.08. The van der Waals surface area contributed by atoms with Gasteiger partial charge in [0.05, 0.1) is 11.3 Å². The van der Waals surface area contributed by atoms with Gasteiger partial charge in [0.25, 0.3) is 0 Å². The summed E-state index contributed by atoms with van der Waals surface area (Å²) in [6.07, 6.45) is -1.90. The Morgan fingerprint density at radius 3 is 2.48 bits per heavy atom. The Morgan fingerprint density at radius 2 is 1.96 bits per heavy atom. The molecule has 2 heterocycles. The standard InChI is InChI=1S/C16H10F3N3O3S2/c1-10-13(26-14(21-10)22-9-3-8-20-22)27(24,25)12-6-4-11(5-7-12)15(2,23)16(17,18)19/h3,8-9,23H,1-2H3. The molecule has 0 saturated carbocycles. The van der Waals surface area contributed by atoms with Crippen molar-refractivity contribution in [2.75, 3.05) is 0 Å². The Labute approximate surface area is 155 Å². The minimum Gasteiger partial charge on any atom is -0.376 e. The van der Waals surface area contributed by atoms with Crippen LogP contribution in [0.1, 0.15) is 12.6 Å². The SMILES string of the molecule is Cc1nc(-n2cccn2)sc1S(=O)(=O)C1=C=C=C(C(C)(O)C(F)(F)F)C#C1. The van der Waals surface area contributed by atoms with E-state index in [0.29, 0.717) is 12.1 Å². The molecule has 27 heavy (non-hydrogen) atoms. The molecule has 2 aromatic heterocycles. The summed E-state index contributed by atoms with van der Waals surface area (Å²) in [6, 6.07) is 1.64. The molecule has 0 amide bonds. The molecule has 0 radical (unpaired) electrons. The number of thiazole rings is 1. The van der Waals surface area contributed by atoms with Crippen molar-refractivity contribution in [3.05, 3.63) is 46.1 Å². The number of hydrogen-bond acceptors (Lipinski definition) is 6. The number of sulfone groups is 1. The van der Waals surface area contributed by atoms with Crippen molar-refractivity contribution in [2.45, 2.75) is 29.8 Å². The summed E-state index contributed by atoms with van der Waals surface area (Å²) in [5.74, 6) is 4.14. The van der Waals surface area contributed by atoms with Gasteiger partial charge in [-0.1, -0.05) is 23.0 Å². The Morgan fingerprint density at radius 1 is 1.26 bits per heavy atom. The number of allylic oxidation sites excluding steroid dienone is 1. The zero-order valence-corrected chi connectivity index (χ0v) is 15.4. The predicted octanol–water partition coefficient (Wildman–Crippen LogP) is 2.31. The van der Waals surface area contributed by atoms with Gasteiger partial charge in [0, 0.05) is 12.4 Å². The van der Waals surface area contributed by atoms with Gasteiger partial charge in [0.15, 0.2) is 14.7 Å². The summed E-state index contributed by atoms with van der Waals surface area (Å²) in [5.41, 5.74) is 0.268. The van der Waals surface area contributed by atoms with E-state index in [9.17, 15) is 26.7 Å². The van der Waals surface area contributed by atoms with Crippen LogP contribution in [0, 0.1) is 18.8 Å². The van der Waals surface area contributed by atoms with Gasteiger partial charge in [0.2, 0.25) is 15.0 Å². The molecule has 1 aliphatic carbocycles. The fourth-order valence-corrected chi connectivity index (χ4v) is 4.66. The van der Waals surface area contributed by atoms with Crippen LogP contribution in [0.3, 0.4) is 0 Å². The maximum absolute atomic E-state index is 12.9. The van der Waals surface area contributed by atoms with Gasteiger partial charge < -0.3 is 5.11 Å². The van der Waals surface area contributed by atoms with Crippen molar-refractivity contribution >= 4 is 21.2 Å². The molecule has 140 valence electrons. The summed E-state index contributed by atoms with van der Waals surface area (Å²) < 4.78 is 65.3. The van der Waals surface area contributed by atoms with E-state index in [-0.39, 0.29) is 9.90 Å². The summed E-state index contributed by atoms with van der Waals surface area (Å²) in [6.45, 7) is 1.99. The summed E-state index contributed by atoms with van der Waals surface area (Å²) in [7, 11) is -4.16. The topological polar surface area (TPSA) is 85.1 Å². The van der Waals surface area contributed by atoms with Crippen molar-refractivity contribution in [1.29, 1.82) is 0 Å². The van der Waals surface area contributed by atoms with E-state index in [1.54, 1.807) is 12.3 Å². The van der Waals surface area contributed by atoms with E-state index in [2.05, 4.69) is 21.7 Å². The number of aryl methyl sites for hydroxylation is 1. The zero-order chi connectivity index (χ0) is 20.0. The fourth-order valence-electron chi connectivity index (χ4n) is 2.01. The number of hydrogen-bond donors (Lipinski definition) is 1. The largest absolute Gasteiger partial charge is 0.422 e. The van der Waals surface area contributed by atoms with Crippen LogP contribution in [0.15, 0.2) is 44.6 Å². The fraction of sp³-hybridized carbons (Fsp3) is 0.250. The van der Waals surface area contributed by atoms with Gasteiger partial charge in [-0.3, -0.25) is 0 Å². The average Bonchev–Trinajstić information content (AvgIpc) is 3.23. The zero-order valence-electron chi connectivity index (χ0n) is 13.8. The molecule has 0 aromatic carbocycles. The van der Waals surface area contributed by atoms with Crippen molar-refractivity contribution in [2.24, 2.45) is 0 Å². The molecule has 0 aliphatic heterocycles. The first kappa shape index (κ1) is 19.2. The minimum absolute atomic E-state index is 0.127. The molecule has 0 spiro atoms. The summed E-state index contributed by atoms with van der Waals surface area (Å²) in [5, 5.41) is 13.9. The number of aliphatic hydroxyl groups is 1. The third-order valence-corrected chi connectivity index (χ3v) is 6.97. The smallest absolute Gasteiger partial charge is 0.376 e. The third kappa shape index (κ3) is 3.25. The molecule has 0 saturated heterocycles. The molecular formula is C16H10F3N3O3S2. The van der Waals surface area contributed by atoms with E-state index in [0.717, 1.165) is 11.3 Å². The van der Waals surface area contributed by atoms with Crippen LogP contribution >= 0.6 is 11.3 Å². The lowest BCUT2D eigenvalue weighted by molar-refractivity contribution is -0.235. The van der Waals surface area contributed by atoms with Gasteiger partial charge in [-0.15, -0.1) is 0 Å². The maximum Gasteiger partial charge on any atom is 0.422 e. The average molecular weight is 413 g/mol. The number of halogens is 3. The van der Waals surface area contributed by atoms with Gasteiger partial charge in [0.1, 0.15) is 0 Å². The maximum atomic E-state index is 12.9. The lowest BCUT2D eigenvalue weighted by Gasteiger charge is -2.25. The van der Waals surface area contributed by atoms with E-state index in [4.69, 9.17) is 0 Å². The van der Waals surface area contributed by atoms with Crippen molar-refractivity contribution in [3.8, 4) is 17.0 Å². The number of rotatable bonds is 4. The van der Waals surface area contributed by atoms with Gasteiger partial charge in [-0.05, 0) is 31.6 Å². The second-order valence-electron chi connectivity index (χ2n) is 5.60. The van der Waals surface area contributed by atoms with Gasteiger partial charge >= 0.3 is 6.18 Å². The Kier molecular flexibility index (Phi) is 4.43. The van der Waals surface area contributed by atoms with Crippen LogP contribution in [0.4, 0.5) is 13.2 Å². The lowest BCUT2D eigenvalue weighted by Crippen LogP contribution is -2.43. The Hall–Kier alpha value is -2.60. The molecule has 1 aliphatic rings. The molecule has 0 bridgehead atoms. The van der Waals surface area contributed by atoms with Crippen molar-refractivity contribution in [1.82, 2.24) is 14.8 Å². The normalized spacial score (nSPS) is 16.2. The molecule has 1 atom stereocenters. The van der Waals surface area contributed by atoms with Crippen LogP contribution < -0.4 is 0 Å². The highest BCUT2D eigenvalue weighted by atomic mass is 32.2. The van der Waals surface area contributed by atoms with Crippen molar-refractivity contribution < 1.29 is 26.7 Å². The molecule has 0 fully saturated rings. The first-order valence-corrected chi connectivity index (χ1v) is 9.54. The Bertz CT molecular complexity index is 1180. The van der Waals surface area contributed by atoms with Gasteiger partial charge in [-0.25, -0.2) is 18.1 Å². The first-order valence-electron chi connectivity index (χ1n) is 7.24. The van der Waals surface area contributed by atoms with Gasteiger partial charge in [-0.2, -0.15) is 18.3 Å². The summed E-state index contributed by atoms with van der Waals surface area (Å²) in [4.78, 5) is 3.58. The second-order valence-corrected chi connectivity index (χ2v) is 8.66. The van der Waals surface area contributed by atoms with Crippen LogP contribution in [0.5, 0.6) is 0 Å². The monoisotopic (exact) mass is 413 g/mol. The van der Waals surface area contributed by atoms with Crippen LogP contribution in [0.25, 0.3) is 5.13 Å². The van der Waals surface area contributed by atoms with Crippen LogP contribution in [-0.4, -0.2) is 40.1 Å². The van der Waals surface area contributed by atoms with Crippen molar-refractivity contribution in [3.63, 3.8) is 0 Å². The third-order valence-electron chi connectivity index (χ3n) is 3.60. The molecule has 2 aromatic rings. The van der Waals surface area contributed by atoms with E-state index < -0.39 is 32.1 Å². The molecular weight excluding hydrogens is 403 g/mol. The number of alkyl halides is 3. The molecule has 1 N–H and O–H groups in total. The minimum atomic E-state index is -4.99. The van der Waals surface area contributed by atoms with Crippen LogP contribution in [0.2, 0.25) is 0 Å². The first-order chi connectivity index (χ1) is 12.4. The number of aromatic nitrogens is 3. The highest BCUT2D eigenvalue weighted by Crippen LogP contribution is 2.36. The quantitative estimate of drug-likeness (QED) is 0.614. The summed E-state index contributed by atoms with van der Waals surface area (Å²) >= 11 is 0.837. The predicted molar refractivity (Wildman–Crippen MR) is 89.7 cm³/mol. The van der Waals surface area contributed by atoms with Crippen LogP contribution in [-0.2, 0) is 9.84 Å². The highest BCUT2D eigenvalue weighted by Gasteiger charge is 2.52. The molecule has 6 nitrogen and oxygen atoms in total. The van der Waals surface area contributed by atoms with E-state index >= 15 is 0 Å². The molecule has 3 rings (SSSR count).